The first-order valence-electron chi connectivity index (χ1n) is 19.1. The highest BCUT2D eigenvalue weighted by Crippen LogP contribution is 2.37. The van der Waals surface area contributed by atoms with Gasteiger partial charge in [0.15, 0.2) is 5.69 Å². The van der Waals surface area contributed by atoms with E-state index in [0.717, 1.165) is 49.8 Å². The molecule has 300 valence electrons. The summed E-state index contributed by atoms with van der Waals surface area (Å²) in [4.78, 5) is 66.3. The molecule has 2 aliphatic heterocycles. The molecular weight excluding hydrogens is 748 g/mol. The summed E-state index contributed by atoms with van der Waals surface area (Å²) in [7, 11) is 3.64. The van der Waals surface area contributed by atoms with E-state index in [2.05, 4.69) is 25.5 Å². The van der Waals surface area contributed by atoms with E-state index in [-0.39, 0.29) is 42.9 Å². The van der Waals surface area contributed by atoms with Crippen molar-refractivity contribution in [3.63, 3.8) is 0 Å². The fourth-order valence-corrected chi connectivity index (χ4v) is 8.78. The number of hydrogen-bond donors (Lipinski definition) is 2. The number of fused-ring (bicyclic) bond motifs is 2. The van der Waals surface area contributed by atoms with Crippen LogP contribution in [0.4, 0.5) is 28.9 Å². The van der Waals surface area contributed by atoms with Crippen molar-refractivity contribution in [1.82, 2.24) is 38.7 Å². The van der Waals surface area contributed by atoms with Crippen LogP contribution in [0.2, 0.25) is 0 Å². The summed E-state index contributed by atoms with van der Waals surface area (Å²) < 4.78 is 59.9. The molecule has 0 radical (unpaired) electrons. The first-order valence-corrected chi connectivity index (χ1v) is 19.1. The number of imide groups is 1. The Labute approximate surface area is 323 Å². The molecule has 14 nitrogen and oxygen atoms in total. The van der Waals surface area contributed by atoms with Crippen LogP contribution < -0.4 is 21.2 Å². The smallest absolute Gasteiger partial charge is 0.367 e. The molecule has 4 aromatic heterocycles. The standard InChI is InChI=1S/C39H42F4N10O4/c1-49(28-14-15-51(20-25(28)40)29-4-3-5-30-35(29)50(2)38(57)53(30)31-11-13-34(54)48-37(31)56)18-22-6-8-23(9-7-22)27-21-52-19-24(10-12-33(52)47-27)45-36(55)26-16-44-17-32(46-26)39(41,42)43/h3-5,10,12,16-17,19,21-23,25,28,31H,6-9,11,13-15,18,20H2,1-2H3,(H,45,55)(H,48,54,56)/t22?,23?,25-,28+,31?/m0/s1. The van der Waals surface area contributed by atoms with E-state index in [0.29, 0.717) is 47.4 Å². The van der Waals surface area contributed by atoms with Gasteiger partial charge < -0.3 is 19.5 Å². The minimum Gasteiger partial charge on any atom is -0.367 e. The number of pyridine rings is 1. The van der Waals surface area contributed by atoms with Gasteiger partial charge in [0.2, 0.25) is 11.8 Å². The van der Waals surface area contributed by atoms with E-state index in [4.69, 9.17) is 4.98 Å². The number of carbonyl (C=O) groups excluding carboxylic acids is 3. The average Bonchev–Trinajstić information content (AvgIpc) is 3.72. The van der Waals surface area contributed by atoms with Crippen molar-refractivity contribution in [2.24, 2.45) is 13.0 Å². The number of para-hydroxylation sites is 1. The topological polar surface area (TPSA) is 152 Å². The largest absolute Gasteiger partial charge is 0.434 e. The third-order valence-electron chi connectivity index (χ3n) is 11.7. The number of nitrogens with zero attached hydrogens (tertiary/aromatic N) is 8. The number of alkyl halides is 4. The SMILES string of the molecule is CN(CC1CCC(c2cn3cc(NC(=O)c4cncc(C(F)(F)F)n4)ccc3n2)CC1)[C@@H]1CCN(c2cccc3c2n(C)c(=O)n3C2CCC(=O)NC2=O)C[C@@H]1F. The van der Waals surface area contributed by atoms with Crippen LogP contribution in [0.5, 0.6) is 0 Å². The van der Waals surface area contributed by atoms with Gasteiger partial charge in [0.05, 0.1) is 47.0 Å². The molecule has 3 fully saturated rings. The lowest BCUT2D eigenvalue weighted by atomic mass is 9.80. The molecule has 6 heterocycles. The maximum atomic E-state index is 16.1. The van der Waals surface area contributed by atoms with Crippen molar-refractivity contribution < 1.29 is 31.9 Å². The molecule has 3 amide bonds. The number of imidazole rings is 2. The Morgan fingerprint density at radius 2 is 1.79 bits per heavy atom. The number of nitrogens with one attached hydrogen (secondary N) is 2. The lowest BCUT2D eigenvalue weighted by Gasteiger charge is -2.42. The predicted molar refractivity (Wildman–Crippen MR) is 202 cm³/mol. The average molecular weight is 791 g/mol. The van der Waals surface area contributed by atoms with Gasteiger partial charge in [-0.05, 0) is 75.8 Å². The van der Waals surface area contributed by atoms with Gasteiger partial charge >= 0.3 is 11.9 Å². The lowest BCUT2D eigenvalue weighted by molar-refractivity contribution is -0.141. The van der Waals surface area contributed by atoms with Crippen molar-refractivity contribution in [2.75, 3.05) is 36.9 Å². The summed E-state index contributed by atoms with van der Waals surface area (Å²) in [6.07, 6.45) is 3.99. The Morgan fingerprint density at radius 3 is 2.53 bits per heavy atom. The maximum absolute atomic E-state index is 16.1. The molecule has 57 heavy (non-hydrogen) atoms. The van der Waals surface area contributed by atoms with Crippen LogP contribution in [0, 0.1) is 5.92 Å². The van der Waals surface area contributed by atoms with Gasteiger partial charge in [-0.15, -0.1) is 0 Å². The van der Waals surface area contributed by atoms with Gasteiger partial charge in [-0.1, -0.05) is 6.07 Å². The predicted octanol–water partition coefficient (Wildman–Crippen LogP) is 4.85. The molecule has 0 bridgehead atoms. The highest BCUT2D eigenvalue weighted by molar-refractivity contribution is 6.03. The number of piperidine rings is 2. The highest BCUT2D eigenvalue weighted by atomic mass is 19.4. The van der Waals surface area contributed by atoms with Crippen LogP contribution in [0.25, 0.3) is 16.7 Å². The first kappa shape index (κ1) is 38.2. The number of hydrogen-bond acceptors (Lipinski definition) is 9. The minimum atomic E-state index is -4.72. The summed E-state index contributed by atoms with van der Waals surface area (Å²) in [5.74, 6) is -1.05. The molecule has 2 N–H and O–H groups in total. The fourth-order valence-electron chi connectivity index (χ4n) is 8.78. The number of aryl methyl sites for hydroxylation is 1. The van der Waals surface area contributed by atoms with E-state index >= 15 is 4.39 Å². The molecule has 3 atom stereocenters. The number of rotatable bonds is 8. The molecule has 18 heteroatoms. The van der Waals surface area contributed by atoms with Crippen molar-refractivity contribution >= 4 is 45.8 Å². The van der Waals surface area contributed by atoms with Crippen molar-refractivity contribution in [2.45, 2.75) is 75.3 Å². The Kier molecular flexibility index (Phi) is 10.1. The lowest BCUT2D eigenvalue weighted by Crippen LogP contribution is -2.52. The van der Waals surface area contributed by atoms with Crippen LogP contribution in [0.3, 0.4) is 0 Å². The molecule has 0 spiro atoms. The zero-order valence-corrected chi connectivity index (χ0v) is 31.4. The first-order chi connectivity index (χ1) is 27.2. The second kappa shape index (κ2) is 15.0. The molecule has 2 saturated heterocycles. The summed E-state index contributed by atoms with van der Waals surface area (Å²) in [6.45, 7) is 1.52. The zero-order chi connectivity index (χ0) is 40.2. The number of halogens is 4. The fraction of sp³-hybridized carbons (Fsp3) is 0.462. The van der Waals surface area contributed by atoms with E-state index in [1.165, 1.54) is 9.13 Å². The third-order valence-corrected chi connectivity index (χ3v) is 11.7. The van der Waals surface area contributed by atoms with Gasteiger partial charge in [0.1, 0.15) is 23.6 Å². The van der Waals surface area contributed by atoms with Crippen LogP contribution in [-0.4, -0.2) is 90.0 Å². The molecule has 1 saturated carbocycles. The minimum absolute atomic E-state index is 0.148. The van der Waals surface area contributed by atoms with Crippen molar-refractivity contribution in [1.29, 1.82) is 0 Å². The van der Waals surface area contributed by atoms with Gasteiger partial charge in [-0.25, -0.2) is 19.2 Å². The van der Waals surface area contributed by atoms with Crippen LogP contribution in [0.15, 0.2) is 59.9 Å². The van der Waals surface area contributed by atoms with E-state index < -0.39 is 41.6 Å². The molecular formula is C39H42F4N10O4. The van der Waals surface area contributed by atoms with E-state index in [1.54, 1.807) is 35.8 Å². The van der Waals surface area contributed by atoms with Gasteiger partial charge in [-0.3, -0.25) is 33.8 Å². The summed E-state index contributed by atoms with van der Waals surface area (Å²) in [5.41, 5.74) is 1.84. The summed E-state index contributed by atoms with van der Waals surface area (Å²) in [6, 6.07) is 7.78. The number of carbonyl (C=O) groups is 3. The third kappa shape index (κ3) is 7.49. The second-order valence-electron chi connectivity index (χ2n) is 15.4. The Hall–Kier alpha value is -5.65. The van der Waals surface area contributed by atoms with Crippen LogP contribution >= 0.6 is 0 Å². The Balaban J connectivity index is 0.862. The molecule has 3 aliphatic rings. The van der Waals surface area contributed by atoms with Gasteiger partial charge in [-0.2, -0.15) is 13.2 Å². The molecule has 5 aromatic rings. The van der Waals surface area contributed by atoms with Gasteiger partial charge in [0.25, 0.3) is 5.91 Å². The number of anilines is 2. The van der Waals surface area contributed by atoms with Gasteiger partial charge in [0, 0.05) is 50.9 Å². The van der Waals surface area contributed by atoms with Crippen LogP contribution in [-0.2, 0) is 22.8 Å². The summed E-state index contributed by atoms with van der Waals surface area (Å²) >= 11 is 0. The second-order valence-corrected chi connectivity index (χ2v) is 15.4. The highest BCUT2D eigenvalue weighted by Gasteiger charge is 2.37. The van der Waals surface area contributed by atoms with Crippen LogP contribution in [0.1, 0.15) is 78.8 Å². The van der Waals surface area contributed by atoms with E-state index in [9.17, 15) is 32.3 Å². The maximum Gasteiger partial charge on any atom is 0.434 e. The Bertz CT molecular complexity index is 2420. The van der Waals surface area contributed by atoms with E-state index in [1.807, 2.05) is 30.3 Å². The molecule has 1 unspecified atom stereocenters. The van der Waals surface area contributed by atoms with Crippen molar-refractivity contribution in [3.05, 3.63) is 82.7 Å². The van der Waals surface area contributed by atoms with Crippen molar-refractivity contribution in [3.8, 4) is 0 Å². The zero-order valence-electron chi connectivity index (χ0n) is 31.4. The number of aromatic nitrogens is 6. The Morgan fingerprint density at radius 1 is 1.00 bits per heavy atom. The molecule has 8 rings (SSSR count). The monoisotopic (exact) mass is 790 g/mol. The number of amides is 3. The molecule has 1 aliphatic carbocycles. The molecule has 1 aromatic carbocycles. The normalized spacial score (nSPS) is 23.4. The quantitative estimate of drug-likeness (QED) is 0.166. The summed E-state index contributed by atoms with van der Waals surface area (Å²) in [5, 5.41) is 4.92. The number of benzene rings is 1.